The molecule has 26 heavy (non-hydrogen) atoms. The Morgan fingerprint density at radius 1 is 1.00 bits per heavy atom. The number of benzene rings is 1. The molecule has 7 heteroatoms. The van der Waals surface area contributed by atoms with Crippen molar-refractivity contribution in [3.8, 4) is 0 Å². The largest absolute Gasteiger partial charge is 0.379 e. The molecule has 0 aliphatic rings. The second-order valence-electron chi connectivity index (χ2n) is 5.69. The maximum Gasteiger partial charge on any atom is 0.352 e. The average molecular weight is 351 g/mol. The van der Waals surface area contributed by atoms with Crippen molar-refractivity contribution in [1.29, 1.82) is 0 Å². The van der Waals surface area contributed by atoms with Gasteiger partial charge in [-0.3, -0.25) is 9.55 Å². The summed E-state index contributed by atoms with van der Waals surface area (Å²) in [6.07, 6.45) is 4.04. The maximum atomic E-state index is 12.0. The third-order valence-electron chi connectivity index (χ3n) is 3.73. The lowest BCUT2D eigenvalue weighted by Gasteiger charge is -2.08. The summed E-state index contributed by atoms with van der Waals surface area (Å²) in [5, 5.41) is 3.00. The van der Waals surface area contributed by atoms with Gasteiger partial charge in [-0.25, -0.2) is 9.78 Å². The number of nitrogens with zero attached hydrogens (tertiary/aromatic N) is 4. The highest BCUT2D eigenvalue weighted by atomic mass is 16.5. The van der Waals surface area contributed by atoms with Crippen molar-refractivity contribution in [2.24, 2.45) is 0 Å². The van der Waals surface area contributed by atoms with Crippen molar-refractivity contribution in [3.05, 3.63) is 82.8 Å². The maximum absolute atomic E-state index is 12.0. The van der Waals surface area contributed by atoms with Crippen molar-refractivity contribution in [3.63, 3.8) is 0 Å². The highest BCUT2D eigenvalue weighted by Crippen LogP contribution is 2.00. The first kappa shape index (κ1) is 17.8. The fraction of sp³-hybridized carbons (Fsp3) is 0.263. The molecule has 0 saturated heterocycles. The number of hydrogen-bond acceptors (Lipinski definition) is 6. The minimum atomic E-state index is -0.363. The smallest absolute Gasteiger partial charge is 0.352 e. The molecule has 3 rings (SSSR count). The predicted molar refractivity (Wildman–Crippen MR) is 99.1 cm³/mol. The molecule has 0 radical (unpaired) electrons. The van der Waals surface area contributed by atoms with Crippen molar-refractivity contribution in [1.82, 2.24) is 19.5 Å². The average Bonchev–Trinajstić information content (AvgIpc) is 2.68. The van der Waals surface area contributed by atoms with E-state index in [0.717, 1.165) is 12.1 Å². The lowest BCUT2D eigenvalue weighted by atomic mass is 10.2. The van der Waals surface area contributed by atoms with E-state index in [1.165, 1.54) is 16.5 Å². The number of rotatable bonds is 9. The summed E-state index contributed by atoms with van der Waals surface area (Å²) in [5.74, 6) is 0.305. The van der Waals surface area contributed by atoms with E-state index in [4.69, 9.17) is 4.74 Å². The summed E-state index contributed by atoms with van der Waals surface area (Å²) in [6, 6.07) is 15.8. The van der Waals surface area contributed by atoms with Gasteiger partial charge in [-0.2, -0.15) is 4.98 Å². The van der Waals surface area contributed by atoms with Crippen LogP contribution in [0.1, 0.15) is 11.3 Å². The molecule has 0 aliphatic heterocycles. The van der Waals surface area contributed by atoms with Crippen molar-refractivity contribution >= 4 is 5.95 Å². The van der Waals surface area contributed by atoms with Gasteiger partial charge in [0, 0.05) is 12.7 Å². The van der Waals surface area contributed by atoms with Crippen LogP contribution in [0.5, 0.6) is 0 Å². The van der Waals surface area contributed by atoms with Crippen LogP contribution in [0.25, 0.3) is 0 Å². The molecule has 0 unspecified atom stereocenters. The molecule has 0 saturated carbocycles. The number of pyridine rings is 1. The fourth-order valence-corrected chi connectivity index (χ4v) is 2.39. The number of aromatic nitrogens is 4. The topological polar surface area (TPSA) is 81.9 Å². The second kappa shape index (κ2) is 9.43. The first-order valence-corrected chi connectivity index (χ1v) is 8.50. The van der Waals surface area contributed by atoms with Crippen LogP contribution < -0.4 is 11.0 Å². The Morgan fingerprint density at radius 2 is 1.85 bits per heavy atom. The summed E-state index contributed by atoms with van der Waals surface area (Å²) >= 11 is 0. The number of hydrogen-bond donors (Lipinski definition) is 1. The third-order valence-corrected chi connectivity index (χ3v) is 3.73. The molecule has 134 valence electrons. The Balaban J connectivity index is 1.40. The summed E-state index contributed by atoms with van der Waals surface area (Å²) in [4.78, 5) is 24.3. The molecule has 1 aromatic carbocycles. The van der Waals surface area contributed by atoms with E-state index in [2.05, 4.69) is 32.4 Å². The molecule has 2 heterocycles. The van der Waals surface area contributed by atoms with E-state index < -0.39 is 0 Å². The minimum Gasteiger partial charge on any atom is -0.379 e. The van der Waals surface area contributed by atoms with Crippen LogP contribution in [0.15, 0.2) is 65.8 Å². The van der Waals surface area contributed by atoms with E-state index in [1.54, 1.807) is 6.20 Å². The first-order chi connectivity index (χ1) is 12.8. The molecule has 3 aromatic rings. The van der Waals surface area contributed by atoms with E-state index in [-0.39, 0.29) is 5.69 Å². The Morgan fingerprint density at radius 3 is 2.62 bits per heavy atom. The van der Waals surface area contributed by atoms with Gasteiger partial charge in [0.25, 0.3) is 0 Å². The van der Waals surface area contributed by atoms with E-state index >= 15 is 0 Å². The summed E-state index contributed by atoms with van der Waals surface area (Å²) in [7, 11) is 0. The molecule has 0 aliphatic carbocycles. The van der Waals surface area contributed by atoms with Crippen LogP contribution in [-0.4, -0.2) is 39.3 Å². The molecule has 0 spiro atoms. The van der Waals surface area contributed by atoms with Gasteiger partial charge in [0.2, 0.25) is 5.95 Å². The van der Waals surface area contributed by atoms with E-state index in [1.807, 2.05) is 36.4 Å². The van der Waals surface area contributed by atoms with Gasteiger partial charge in [0.05, 0.1) is 25.5 Å². The zero-order chi connectivity index (χ0) is 18.0. The zero-order valence-corrected chi connectivity index (χ0v) is 14.4. The predicted octanol–water partition coefficient (Wildman–Crippen LogP) is 1.75. The summed E-state index contributed by atoms with van der Waals surface area (Å²) in [6.45, 7) is 2.06. The van der Waals surface area contributed by atoms with Crippen LogP contribution >= 0.6 is 0 Å². The highest BCUT2D eigenvalue weighted by Gasteiger charge is 2.03. The van der Waals surface area contributed by atoms with E-state index in [9.17, 15) is 4.79 Å². The second-order valence-corrected chi connectivity index (χ2v) is 5.69. The van der Waals surface area contributed by atoms with Crippen LogP contribution in [0.2, 0.25) is 0 Å². The fourth-order valence-electron chi connectivity index (χ4n) is 2.39. The number of nitrogens with one attached hydrogen (secondary N) is 1. The number of anilines is 1. The molecular formula is C19H21N5O2. The quantitative estimate of drug-likeness (QED) is 0.592. The lowest BCUT2D eigenvalue weighted by molar-refractivity contribution is 0.147. The molecule has 7 nitrogen and oxygen atoms in total. The SMILES string of the molecule is O=c1nc(NCCOCCc2ccccc2)ncn1Cc1ccccn1. The lowest BCUT2D eigenvalue weighted by Crippen LogP contribution is -2.26. The Kier molecular flexibility index (Phi) is 6.44. The molecule has 0 amide bonds. The van der Waals surface area contributed by atoms with Gasteiger partial charge >= 0.3 is 5.69 Å². The van der Waals surface area contributed by atoms with Crippen molar-refractivity contribution < 1.29 is 4.74 Å². The highest BCUT2D eigenvalue weighted by molar-refractivity contribution is 5.20. The number of ether oxygens (including phenoxy) is 1. The van der Waals surface area contributed by atoms with Crippen LogP contribution in [-0.2, 0) is 17.7 Å². The molecule has 1 N–H and O–H groups in total. The molecule has 0 fully saturated rings. The minimum absolute atomic E-state index is 0.305. The summed E-state index contributed by atoms with van der Waals surface area (Å²) in [5.41, 5.74) is 1.67. The molecule has 0 bridgehead atoms. The van der Waals surface area contributed by atoms with Gasteiger partial charge in [-0.15, -0.1) is 0 Å². The molecule has 2 aromatic heterocycles. The standard InChI is InChI=1S/C19H21N5O2/c25-19-23-18(22-15-24(19)14-17-8-4-5-10-20-17)21-11-13-26-12-9-16-6-2-1-3-7-16/h1-8,10,15H,9,11-14H2,(H,21,23,25). The van der Waals surface area contributed by atoms with Crippen molar-refractivity contribution in [2.75, 3.05) is 25.1 Å². The Labute approximate surface area is 151 Å². The summed E-state index contributed by atoms with van der Waals surface area (Å²) < 4.78 is 7.00. The molecular weight excluding hydrogens is 330 g/mol. The third kappa shape index (κ3) is 5.49. The van der Waals surface area contributed by atoms with Gasteiger partial charge in [-0.1, -0.05) is 36.4 Å². The van der Waals surface area contributed by atoms with Crippen LogP contribution in [0.3, 0.4) is 0 Å². The monoisotopic (exact) mass is 351 g/mol. The van der Waals surface area contributed by atoms with Crippen LogP contribution in [0.4, 0.5) is 5.95 Å². The van der Waals surface area contributed by atoms with Gasteiger partial charge in [0.1, 0.15) is 6.33 Å². The Hall–Kier alpha value is -3.06. The van der Waals surface area contributed by atoms with Gasteiger partial charge in [0.15, 0.2) is 0 Å². The van der Waals surface area contributed by atoms with Crippen LogP contribution in [0, 0.1) is 0 Å². The van der Waals surface area contributed by atoms with Gasteiger partial charge in [-0.05, 0) is 24.1 Å². The van der Waals surface area contributed by atoms with Crippen molar-refractivity contribution in [2.45, 2.75) is 13.0 Å². The Bertz CT molecular complexity index is 853. The van der Waals surface area contributed by atoms with E-state index in [0.29, 0.717) is 32.3 Å². The molecule has 0 atom stereocenters. The zero-order valence-electron chi connectivity index (χ0n) is 14.4. The first-order valence-electron chi connectivity index (χ1n) is 8.50. The van der Waals surface area contributed by atoms with Gasteiger partial charge < -0.3 is 10.1 Å². The normalized spacial score (nSPS) is 10.6.